The van der Waals surface area contributed by atoms with Gasteiger partial charge in [-0.2, -0.15) is 10.4 Å². The maximum absolute atomic E-state index is 15.0. The summed E-state index contributed by atoms with van der Waals surface area (Å²) in [5.74, 6) is -0.653. The van der Waals surface area contributed by atoms with Crippen LogP contribution in [0.2, 0.25) is 0 Å². The summed E-state index contributed by atoms with van der Waals surface area (Å²) in [6.45, 7) is 5.18. The summed E-state index contributed by atoms with van der Waals surface area (Å²) in [6.07, 6.45) is 3.65. The van der Waals surface area contributed by atoms with Crippen molar-refractivity contribution in [1.82, 2.24) is 24.2 Å². The molecule has 178 valence electrons. The van der Waals surface area contributed by atoms with E-state index in [1.54, 1.807) is 41.8 Å². The van der Waals surface area contributed by atoms with E-state index in [0.717, 1.165) is 12.8 Å². The number of benzene rings is 2. The Bertz CT molecular complexity index is 1510. The molecule has 0 spiro atoms. The van der Waals surface area contributed by atoms with Crippen molar-refractivity contribution >= 4 is 16.8 Å². The van der Waals surface area contributed by atoms with Crippen molar-refractivity contribution < 1.29 is 13.6 Å². The summed E-state index contributed by atoms with van der Waals surface area (Å²) in [4.78, 5) is 19.9. The molecule has 0 bridgehead atoms. The molecule has 0 radical (unpaired) electrons. The summed E-state index contributed by atoms with van der Waals surface area (Å²) in [6, 6.07) is 9.08. The third-order valence-electron chi connectivity index (χ3n) is 6.73. The van der Waals surface area contributed by atoms with Gasteiger partial charge >= 0.3 is 0 Å². The van der Waals surface area contributed by atoms with E-state index in [9.17, 15) is 13.6 Å². The van der Waals surface area contributed by atoms with Crippen LogP contribution in [0.25, 0.3) is 28.0 Å². The average molecular weight is 475 g/mol. The largest absolute Gasteiger partial charge is 0.337 e. The van der Waals surface area contributed by atoms with Crippen molar-refractivity contribution in [1.29, 1.82) is 5.26 Å². The van der Waals surface area contributed by atoms with Gasteiger partial charge in [-0.1, -0.05) is 13.3 Å². The molecule has 1 amide bonds. The van der Waals surface area contributed by atoms with Crippen LogP contribution in [-0.2, 0) is 7.05 Å². The minimum atomic E-state index is -0.690. The lowest BCUT2D eigenvalue weighted by Crippen LogP contribution is -2.29. The Labute approximate surface area is 201 Å². The number of rotatable bonds is 4. The van der Waals surface area contributed by atoms with E-state index in [0.29, 0.717) is 47.2 Å². The number of nitriles is 1. The molecule has 2 aromatic carbocycles. The van der Waals surface area contributed by atoms with E-state index in [-0.39, 0.29) is 22.7 Å². The number of nitrogens with zero attached hydrogens (tertiary/aromatic N) is 6. The first-order valence-electron chi connectivity index (χ1n) is 11.5. The standard InChI is InChI=1S/C26H24F2N6O/c1-4-16-7-8-33(13-16)26(35)23-15(2)34(20-9-19-14-32(3)31-24(19)22(28)11-20)25(30-23)17-5-6-18(12-29)21(27)10-17/h5-6,9-11,14,16H,4,7-8,13H2,1-3H3/t16-/m0/s1. The molecule has 0 unspecified atom stereocenters. The molecule has 0 aliphatic carbocycles. The van der Waals surface area contributed by atoms with Crippen LogP contribution in [0.15, 0.2) is 36.5 Å². The number of imidazole rings is 1. The number of carbonyl (C=O) groups excluding carboxylic acids is 1. The molecule has 3 heterocycles. The highest BCUT2D eigenvalue weighted by Crippen LogP contribution is 2.31. The minimum Gasteiger partial charge on any atom is -0.337 e. The third-order valence-corrected chi connectivity index (χ3v) is 6.73. The first-order chi connectivity index (χ1) is 16.8. The quantitative estimate of drug-likeness (QED) is 0.427. The molecule has 4 aromatic rings. The second kappa shape index (κ2) is 8.62. The molecule has 2 aromatic heterocycles. The molecular formula is C26H24F2N6O. The van der Waals surface area contributed by atoms with Gasteiger partial charge in [-0.15, -0.1) is 0 Å². The number of hydrogen-bond acceptors (Lipinski definition) is 4. The maximum Gasteiger partial charge on any atom is 0.274 e. The topological polar surface area (TPSA) is 79.7 Å². The number of hydrogen-bond donors (Lipinski definition) is 0. The van der Waals surface area contributed by atoms with Gasteiger partial charge in [-0.25, -0.2) is 13.8 Å². The molecular weight excluding hydrogens is 450 g/mol. The molecule has 1 aliphatic heterocycles. The second-order valence-electron chi connectivity index (χ2n) is 8.99. The van der Waals surface area contributed by atoms with E-state index < -0.39 is 11.6 Å². The lowest BCUT2D eigenvalue weighted by atomic mass is 10.1. The Hall–Kier alpha value is -4.06. The Kier molecular flexibility index (Phi) is 5.59. The van der Waals surface area contributed by atoms with Crippen LogP contribution < -0.4 is 0 Å². The molecule has 1 fully saturated rings. The van der Waals surface area contributed by atoms with E-state index in [2.05, 4.69) is 17.0 Å². The van der Waals surface area contributed by atoms with Gasteiger partial charge in [0.05, 0.1) is 16.9 Å². The van der Waals surface area contributed by atoms with Crippen molar-refractivity contribution in [2.45, 2.75) is 26.7 Å². The van der Waals surface area contributed by atoms with Gasteiger partial charge in [-0.05, 0) is 43.5 Å². The van der Waals surface area contributed by atoms with Gasteiger partial charge < -0.3 is 4.90 Å². The molecule has 0 N–H and O–H groups in total. The van der Waals surface area contributed by atoms with Crippen LogP contribution in [0.4, 0.5) is 8.78 Å². The molecule has 5 rings (SSSR count). The Morgan fingerprint density at radius 2 is 2.03 bits per heavy atom. The molecule has 1 aliphatic rings. The first kappa shape index (κ1) is 22.7. The molecule has 9 heteroatoms. The van der Waals surface area contributed by atoms with Crippen LogP contribution in [0.5, 0.6) is 0 Å². The molecule has 1 saturated heterocycles. The zero-order valence-corrected chi connectivity index (χ0v) is 19.7. The number of carbonyl (C=O) groups is 1. The number of aromatic nitrogens is 4. The van der Waals surface area contributed by atoms with Crippen molar-refractivity contribution in [3.05, 3.63) is 65.1 Å². The number of halogens is 2. The van der Waals surface area contributed by atoms with Crippen molar-refractivity contribution in [3.8, 4) is 23.1 Å². The summed E-state index contributed by atoms with van der Waals surface area (Å²) < 4.78 is 32.7. The lowest BCUT2D eigenvalue weighted by molar-refractivity contribution is 0.0781. The highest BCUT2D eigenvalue weighted by atomic mass is 19.1. The molecule has 35 heavy (non-hydrogen) atoms. The van der Waals surface area contributed by atoms with Crippen LogP contribution in [0, 0.1) is 35.8 Å². The third kappa shape index (κ3) is 3.85. The smallest absolute Gasteiger partial charge is 0.274 e. The highest BCUT2D eigenvalue weighted by Gasteiger charge is 2.30. The van der Waals surface area contributed by atoms with E-state index in [1.165, 1.54) is 22.9 Å². The van der Waals surface area contributed by atoms with Gasteiger partial charge in [0.15, 0.2) is 5.82 Å². The fourth-order valence-electron chi connectivity index (χ4n) is 4.79. The Morgan fingerprint density at radius 1 is 1.23 bits per heavy atom. The zero-order chi connectivity index (χ0) is 24.9. The van der Waals surface area contributed by atoms with E-state index in [4.69, 9.17) is 5.26 Å². The predicted octanol–water partition coefficient (Wildman–Crippen LogP) is 4.76. The molecule has 7 nitrogen and oxygen atoms in total. The molecule has 1 atom stereocenters. The van der Waals surface area contributed by atoms with Crippen LogP contribution >= 0.6 is 0 Å². The SMILES string of the molecule is CC[C@H]1CCN(C(=O)c2nc(-c3ccc(C#N)c(F)c3)n(-c3cc(F)c4nn(C)cc4c3)c2C)C1. The number of fused-ring (bicyclic) bond motifs is 1. The maximum atomic E-state index is 15.0. The highest BCUT2D eigenvalue weighted by molar-refractivity contribution is 5.95. The zero-order valence-electron chi connectivity index (χ0n) is 19.7. The lowest BCUT2D eigenvalue weighted by Gasteiger charge is -2.15. The van der Waals surface area contributed by atoms with Gasteiger partial charge in [0.25, 0.3) is 5.91 Å². The minimum absolute atomic E-state index is 0.0922. The number of aryl methyl sites for hydroxylation is 1. The van der Waals surface area contributed by atoms with Gasteiger partial charge in [0.2, 0.25) is 0 Å². The predicted molar refractivity (Wildman–Crippen MR) is 127 cm³/mol. The van der Waals surface area contributed by atoms with Crippen LogP contribution in [-0.4, -0.2) is 43.2 Å². The van der Waals surface area contributed by atoms with Gasteiger partial charge in [0.1, 0.15) is 28.9 Å². The second-order valence-corrected chi connectivity index (χ2v) is 8.99. The van der Waals surface area contributed by atoms with Gasteiger partial charge in [0, 0.05) is 43.4 Å². The number of amides is 1. The fraction of sp³-hybridized carbons (Fsp3) is 0.308. The monoisotopic (exact) mass is 474 g/mol. The van der Waals surface area contributed by atoms with Gasteiger partial charge in [-0.3, -0.25) is 14.0 Å². The van der Waals surface area contributed by atoms with Crippen molar-refractivity contribution in [3.63, 3.8) is 0 Å². The summed E-state index contributed by atoms with van der Waals surface area (Å²) in [5.41, 5.74) is 1.73. The van der Waals surface area contributed by atoms with E-state index in [1.807, 2.05) is 6.07 Å². The Morgan fingerprint density at radius 3 is 2.71 bits per heavy atom. The number of likely N-dealkylation sites (tertiary alicyclic amines) is 1. The Balaban J connectivity index is 1.70. The van der Waals surface area contributed by atoms with Crippen LogP contribution in [0.3, 0.4) is 0 Å². The fourth-order valence-corrected chi connectivity index (χ4v) is 4.79. The van der Waals surface area contributed by atoms with Crippen LogP contribution in [0.1, 0.15) is 41.5 Å². The van der Waals surface area contributed by atoms with Crippen molar-refractivity contribution in [2.75, 3.05) is 13.1 Å². The summed E-state index contributed by atoms with van der Waals surface area (Å²) in [5, 5.41) is 13.9. The normalized spacial score (nSPS) is 15.7. The van der Waals surface area contributed by atoms with E-state index >= 15 is 0 Å². The van der Waals surface area contributed by atoms with Crippen molar-refractivity contribution in [2.24, 2.45) is 13.0 Å². The molecule has 0 saturated carbocycles. The average Bonchev–Trinajstić information content (AvgIpc) is 3.55. The summed E-state index contributed by atoms with van der Waals surface area (Å²) >= 11 is 0. The first-order valence-corrected chi connectivity index (χ1v) is 11.5. The summed E-state index contributed by atoms with van der Waals surface area (Å²) in [7, 11) is 1.71.